The van der Waals surface area contributed by atoms with Crippen molar-refractivity contribution in [2.24, 2.45) is 5.10 Å². The van der Waals surface area contributed by atoms with Gasteiger partial charge in [0.1, 0.15) is 0 Å². The molecular weight excluding hydrogens is 202 g/mol. The third-order valence-corrected chi connectivity index (χ3v) is 2.40. The second-order valence-electron chi connectivity index (χ2n) is 3.54. The Hall–Kier alpha value is -1.86. The lowest BCUT2D eigenvalue weighted by atomic mass is 10.2. The number of ether oxygens (including phenoxy) is 1. The summed E-state index contributed by atoms with van der Waals surface area (Å²) < 4.78 is 5.23. The predicted molar refractivity (Wildman–Crippen MR) is 61.1 cm³/mol. The zero-order chi connectivity index (χ0) is 11.2. The maximum atomic E-state index is 8.66. The lowest BCUT2D eigenvalue weighted by Gasteiger charge is -2.23. The summed E-state index contributed by atoms with van der Waals surface area (Å²) in [6.45, 7) is 3.16. The Labute approximate surface area is 94.7 Å². The molecule has 0 atom stereocenters. The third-order valence-electron chi connectivity index (χ3n) is 2.40. The number of hydrogen-bond acceptors (Lipinski definition) is 4. The number of morpholine rings is 1. The molecule has 0 aliphatic carbocycles. The van der Waals surface area contributed by atoms with Crippen molar-refractivity contribution in [1.82, 2.24) is 5.01 Å². The van der Waals surface area contributed by atoms with Crippen LogP contribution in [0, 0.1) is 11.3 Å². The minimum atomic E-state index is 0.670. The van der Waals surface area contributed by atoms with E-state index in [1.54, 1.807) is 12.1 Å². The summed E-state index contributed by atoms with van der Waals surface area (Å²) in [6, 6.07) is 9.46. The van der Waals surface area contributed by atoms with E-state index in [2.05, 4.69) is 11.2 Å². The molecule has 0 N–H and O–H groups in total. The van der Waals surface area contributed by atoms with Crippen LogP contribution in [0.25, 0.3) is 0 Å². The minimum absolute atomic E-state index is 0.670. The van der Waals surface area contributed by atoms with Gasteiger partial charge >= 0.3 is 0 Å². The first-order valence-electron chi connectivity index (χ1n) is 5.25. The highest BCUT2D eigenvalue weighted by molar-refractivity contribution is 5.79. The van der Waals surface area contributed by atoms with Gasteiger partial charge in [-0.25, -0.2) is 0 Å². The van der Waals surface area contributed by atoms with Gasteiger partial charge in [0.25, 0.3) is 0 Å². The smallest absolute Gasteiger partial charge is 0.0991 e. The minimum Gasteiger partial charge on any atom is -0.378 e. The molecule has 4 heteroatoms. The van der Waals surface area contributed by atoms with Gasteiger partial charge in [-0.2, -0.15) is 10.4 Å². The molecule has 1 aliphatic heterocycles. The first-order valence-corrected chi connectivity index (χ1v) is 5.25. The lowest BCUT2D eigenvalue weighted by Crippen LogP contribution is -2.32. The molecule has 1 aromatic rings. The van der Waals surface area contributed by atoms with E-state index in [4.69, 9.17) is 10.00 Å². The Kier molecular flexibility index (Phi) is 3.52. The molecular formula is C12H13N3O. The van der Waals surface area contributed by atoms with Crippen molar-refractivity contribution in [3.63, 3.8) is 0 Å². The van der Waals surface area contributed by atoms with Crippen molar-refractivity contribution < 1.29 is 4.74 Å². The topological polar surface area (TPSA) is 48.6 Å². The van der Waals surface area contributed by atoms with Crippen LogP contribution in [0.5, 0.6) is 0 Å². The average molecular weight is 215 g/mol. The van der Waals surface area contributed by atoms with Gasteiger partial charge in [0.05, 0.1) is 44.2 Å². The van der Waals surface area contributed by atoms with E-state index in [9.17, 15) is 0 Å². The molecule has 0 amide bonds. The van der Waals surface area contributed by atoms with E-state index in [0.717, 1.165) is 31.9 Å². The SMILES string of the molecule is N#Cc1ccc(C=NN2CCOCC2)cc1. The van der Waals surface area contributed by atoms with Crippen LogP contribution in [-0.4, -0.2) is 37.5 Å². The highest BCUT2D eigenvalue weighted by Gasteiger charge is 2.05. The van der Waals surface area contributed by atoms with Gasteiger partial charge in [0.15, 0.2) is 0 Å². The van der Waals surface area contributed by atoms with Crippen LogP contribution in [0.15, 0.2) is 29.4 Å². The molecule has 1 fully saturated rings. The van der Waals surface area contributed by atoms with Gasteiger partial charge in [0, 0.05) is 0 Å². The molecule has 0 radical (unpaired) electrons. The summed E-state index contributed by atoms with van der Waals surface area (Å²) in [5, 5.41) is 15.0. The molecule has 1 saturated heterocycles. The molecule has 0 bridgehead atoms. The molecule has 4 nitrogen and oxygen atoms in total. The summed E-state index contributed by atoms with van der Waals surface area (Å²) >= 11 is 0. The van der Waals surface area contributed by atoms with Gasteiger partial charge in [0.2, 0.25) is 0 Å². The van der Waals surface area contributed by atoms with Crippen LogP contribution < -0.4 is 0 Å². The second kappa shape index (κ2) is 5.29. The van der Waals surface area contributed by atoms with Gasteiger partial charge in [-0.1, -0.05) is 12.1 Å². The molecule has 1 aromatic carbocycles. The summed E-state index contributed by atoms with van der Waals surface area (Å²) in [5.41, 5.74) is 1.68. The first kappa shape index (κ1) is 10.7. The van der Waals surface area contributed by atoms with Crippen LogP contribution >= 0.6 is 0 Å². The molecule has 16 heavy (non-hydrogen) atoms. The van der Waals surface area contributed by atoms with Gasteiger partial charge in [-0.3, -0.25) is 5.01 Å². The Balaban J connectivity index is 1.97. The van der Waals surface area contributed by atoms with E-state index in [1.807, 2.05) is 23.4 Å². The molecule has 1 aliphatic rings. The monoisotopic (exact) mass is 215 g/mol. The second-order valence-corrected chi connectivity index (χ2v) is 3.54. The largest absolute Gasteiger partial charge is 0.378 e. The van der Waals surface area contributed by atoms with Crippen molar-refractivity contribution in [3.05, 3.63) is 35.4 Å². The molecule has 1 heterocycles. The highest BCUT2D eigenvalue weighted by Crippen LogP contribution is 2.02. The van der Waals surface area contributed by atoms with Crippen LogP contribution in [-0.2, 0) is 4.74 Å². The average Bonchev–Trinajstić information content (AvgIpc) is 2.38. The number of hydrogen-bond donors (Lipinski definition) is 0. The van der Waals surface area contributed by atoms with E-state index < -0.39 is 0 Å². The van der Waals surface area contributed by atoms with Crippen molar-refractivity contribution in [1.29, 1.82) is 5.26 Å². The molecule has 0 aromatic heterocycles. The van der Waals surface area contributed by atoms with Crippen molar-refractivity contribution in [3.8, 4) is 6.07 Å². The van der Waals surface area contributed by atoms with Crippen molar-refractivity contribution in [2.45, 2.75) is 0 Å². The highest BCUT2D eigenvalue weighted by atomic mass is 16.5. The quantitative estimate of drug-likeness (QED) is 0.697. The van der Waals surface area contributed by atoms with Crippen molar-refractivity contribution in [2.75, 3.05) is 26.3 Å². The predicted octanol–water partition coefficient (Wildman–Crippen LogP) is 1.22. The van der Waals surface area contributed by atoms with Crippen molar-refractivity contribution >= 4 is 6.21 Å². The van der Waals surface area contributed by atoms with Gasteiger partial charge in [-0.05, 0) is 17.7 Å². The maximum absolute atomic E-state index is 8.66. The van der Waals surface area contributed by atoms with E-state index in [1.165, 1.54) is 0 Å². The Morgan fingerprint density at radius 2 is 1.94 bits per heavy atom. The van der Waals surface area contributed by atoms with Crippen LogP contribution in [0.1, 0.15) is 11.1 Å². The number of nitrogens with zero attached hydrogens (tertiary/aromatic N) is 3. The Morgan fingerprint density at radius 1 is 1.25 bits per heavy atom. The summed E-state index contributed by atoms with van der Waals surface area (Å²) in [4.78, 5) is 0. The standard InChI is InChI=1S/C12H13N3O/c13-9-11-1-3-12(4-2-11)10-14-15-5-7-16-8-6-15/h1-4,10H,5-8H2. The number of rotatable bonds is 2. The van der Waals surface area contributed by atoms with Crippen LogP contribution in [0.3, 0.4) is 0 Å². The van der Waals surface area contributed by atoms with Gasteiger partial charge < -0.3 is 4.74 Å². The zero-order valence-corrected chi connectivity index (χ0v) is 8.97. The lowest BCUT2D eigenvalue weighted by molar-refractivity contribution is 0.0397. The third kappa shape index (κ3) is 2.81. The Morgan fingerprint density at radius 3 is 2.56 bits per heavy atom. The fourth-order valence-electron chi connectivity index (χ4n) is 1.46. The van der Waals surface area contributed by atoms with E-state index >= 15 is 0 Å². The van der Waals surface area contributed by atoms with Crippen LogP contribution in [0.4, 0.5) is 0 Å². The molecule has 0 saturated carbocycles. The normalized spacial score (nSPS) is 16.3. The summed E-state index contributed by atoms with van der Waals surface area (Å²) in [5.74, 6) is 0. The summed E-state index contributed by atoms with van der Waals surface area (Å²) in [7, 11) is 0. The number of benzene rings is 1. The molecule has 82 valence electrons. The number of nitriles is 1. The first-order chi connectivity index (χ1) is 7.88. The number of hydrazone groups is 1. The van der Waals surface area contributed by atoms with Gasteiger partial charge in [-0.15, -0.1) is 0 Å². The fourth-order valence-corrected chi connectivity index (χ4v) is 1.46. The molecule has 0 spiro atoms. The fraction of sp³-hybridized carbons (Fsp3) is 0.333. The van der Waals surface area contributed by atoms with E-state index in [-0.39, 0.29) is 0 Å². The summed E-state index contributed by atoms with van der Waals surface area (Å²) in [6.07, 6.45) is 1.81. The van der Waals surface area contributed by atoms with Crippen LogP contribution in [0.2, 0.25) is 0 Å². The zero-order valence-electron chi connectivity index (χ0n) is 8.97. The molecule has 2 rings (SSSR count). The van der Waals surface area contributed by atoms with E-state index in [0.29, 0.717) is 5.56 Å². The Bertz CT molecular complexity index is 399. The molecule has 0 unspecified atom stereocenters. The maximum Gasteiger partial charge on any atom is 0.0991 e.